The average Bonchev–Trinajstić information content (AvgIpc) is 3.58. The van der Waals surface area contributed by atoms with E-state index in [4.69, 9.17) is 14.2 Å². The number of hydrogen-bond donors (Lipinski definition) is 1. The van der Waals surface area contributed by atoms with Gasteiger partial charge in [0.25, 0.3) is 0 Å². The quantitative estimate of drug-likeness (QED) is 0.432. The molecule has 0 spiro atoms. The molecule has 3 amide bonds. The smallest absolute Gasteiger partial charge is 0.410 e. The van der Waals surface area contributed by atoms with Crippen LogP contribution in [0.3, 0.4) is 0 Å². The number of hydrogen-bond acceptors (Lipinski definition) is 7. The van der Waals surface area contributed by atoms with Crippen molar-refractivity contribution in [3.63, 3.8) is 0 Å². The molecule has 4 aliphatic rings. The standard InChI is InChI=1S/C30H39N3O7/c1-30(13-6-4-7-14-30)25-26(34)33-18-22(16-24(33)27(35)38-2)40-29(37)32-17-21-12-9-11-20(23(21)19-32)10-5-3-8-15-39-28(36)31-25/h5,9-12,22,24-25H,3-4,6-8,13-19H2,1-2H3,(H,31,36)/b10-5+/t22-,24+,25-/m1/s1. The van der Waals surface area contributed by atoms with Crippen molar-refractivity contribution < 1.29 is 33.4 Å². The van der Waals surface area contributed by atoms with Crippen LogP contribution in [-0.2, 0) is 36.9 Å². The fourth-order valence-corrected chi connectivity index (χ4v) is 6.52. The Balaban J connectivity index is 1.43. The van der Waals surface area contributed by atoms with Gasteiger partial charge in [0.2, 0.25) is 5.91 Å². The van der Waals surface area contributed by atoms with Crippen molar-refractivity contribution in [3.05, 3.63) is 41.0 Å². The van der Waals surface area contributed by atoms with E-state index in [0.717, 1.165) is 48.8 Å². The molecule has 0 aromatic heterocycles. The lowest BCUT2D eigenvalue weighted by Gasteiger charge is -2.41. The second-order valence-electron chi connectivity index (χ2n) is 11.6. The van der Waals surface area contributed by atoms with Crippen LogP contribution in [0.4, 0.5) is 9.59 Å². The van der Waals surface area contributed by atoms with Gasteiger partial charge in [-0.1, -0.05) is 56.5 Å². The van der Waals surface area contributed by atoms with Crippen LogP contribution in [0, 0.1) is 5.41 Å². The van der Waals surface area contributed by atoms with Crippen LogP contribution in [0.15, 0.2) is 24.3 Å². The third-order valence-corrected chi connectivity index (χ3v) is 8.81. The van der Waals surface area contributed by atoms with E-state index in [1.807, 2.05) is 37.3 Å². The molecule has 10 nitrogen and oxygen atoms in total. The summed E-state index contributed by atoms with van der Waals surface area (Å²) >= 11 is 0. The van der Waals surface area contributed by atoms with Crippen molar-refractivity contribution in [3.8, 4) is 0 Å². The maximum atomic E-state index is 14.1. The van der Waals surface area contributed by atoms with E-state index in [1.165, 1.54) is 12.0 Å². The number of nitrogens with zero attached hydrogens (tertiary/aromatic N) is 2. The number of methoxy groups -OCH3 is 1. The predicted octanol–water partition coefficient (Wildman–Crippen LogP) is 4.15. The Labute approximate surface area is 235 Å². The molecule has 10 heteroatoms. The zero-order valence-corrected chi connectivity index (χ0v) is 23.4. The number of esters is 1. The first-order chi connectivity index (χ1) is 19.3. The summed E-state index contributed by atoms with van der Waals surface area (Å²) in [5.41, 5.74) is 2.68. The Morgan fingerprint density at radius 1 is 1.10 bits per heavy atom. The maximum absolute atomic E-state index is 14.1. The molecule has 1 aromatic rings. The fourth-order valence-electron chi connectivity index (χ4n) is 6.52. The number of fused-ring (bicyclic) bond motifs is 3. The van der Waals surface area contributed by atoms with Crippen LogP contribution in [0.5, 0.6) is 0 Å². The number of alkyl carbamates (subject to hydrolysis) is 1. The topological polar surface area (TPSA) is 114 Å². The minimum absolute atomic E-state index is 0.0441. The Hall–Kier alpha value is -3.56. The minimum atomic E-state index is -0.916. The molecule has 216 valence electrons. The molecule has 1 saturated heterocycles. The van der Waals surface area contributed by atoms with E-state index in [9.17, 15) is 19.2 Å². The zero-order valence-electron chi connectivity index (χ0n) is 23.4. The fraction of sp³-hybridized carbons (Fsp3) is 0.600. The summed E-state index contributed by atoms with van der Waals surface area (Å²) in [4.78, 5) is 56.1. The van der Waals surface area contributed by atoms with E-state index < -0.39 is 41.8 Å². The predicted molar refractivity (Wildman–Crippen MR) is 146 cm³/mol. The van der Waals surface area contributed by atoms with Gasteiger partial charge in [0.1, 0.15) is 18.2 Å². The average molecular weight is 554 g/mol. The number of rotatable bonds is 2. The van der Waals surface area contributed by atoms with E-state index in [-0.39, 0.29) is 25.5 Å². The second kappa shape index (κ2) is 11.9. The third-order valence-electron chi connectivity index (χ3n) is 8.81. The highest BCUT2D eigenvalue weighted by atomic mass is 16.6. The summed E-state index contributed by atoms with van der Waals surface area (Å²) in [6, 6.07) is 4.20. The summed E-state index contributed by atoms with van der Waals surface area (Å²) < 4.78 is 16.4. The molecule has 5 rings (SSSR count). The lowest BCUT2D eigenvalue weighted by Crippen LogP contribution is -2.58. The number of allylic oxidation sites excluding steroid dienone is 1. The monoisotopic (exact) mass is 553 g/mol. The van der Waals surface area contributed by atoms with Crippen LogP contribution < -0.4 is 5.32 Å². The van der Waals surface area contributed by atoms with Crippen molar-refractivity contribution in [2.75, 3.05) is 20.3 Å². The van der Waals surface area contributed by atoms with Crippen molar-refractivity contribution in [2.24, 2.45) is 5.41 Å². The molecule has 1 N–H and O–H groups in total. The molecule has 3 heterocycles. The van der Waals surface area contributed by atoms with Gasteiger partial charge in [-0.25, -0.2) is 14.4 Å². The van der Waals surface area contributed by atoms with Crippen LogP contribution in [0.2, 0.25) is 0 Å². The first-order valence-electron chi connectivity index (χ1n) is 14.3. The van der Waals surface area contributed by atoms with Crippen LogP contribution in [0.25, 0.3) is 6.08 Å². The van der Waals surface area contributed by atoms with Gasteiger partial charge in [-0.2, -0.15) is 0 Å². The first-order valence-corrected chi connectivity index (χ1v) is 14.3. The maximum Gasteiger partial charge on any atom is 0.410 e. The van der Waals surface area contributed by atoms with E-state index >= 15 is 0 Å². The summed E-state index contributed by atoms with van der Waals surface area (Å²) in [5.74, 6) is -0.955. The summed E-state index contributed by atoms with van der Waals surface area (Å²) in [7, 11) is 1.28. The third kappa shape index (κ3) is 5.81. The summed E-state index contributed by atoms with van der Waals surface area (Å²) in [6.07, 6.45) is 8.23. The van der Waals surface area contributed by atoms with Gasteiger partial charge in [0.15, 0.2) is 0 Å². The van der Waals surface area contributed by atoms with Crippen LogP contribution in [0.1, 0.15) is 75.0 Å². The number of benzene rings is 1. The number of nitrogens with one attached hydrogen (secondary N) is 1. The number of carbonyl (C=O) groups is 4. The molecule has 1 aliphatic carbocycles. The molecular weight excluding hydrogens is 514 g/mol. The van der Waals surface area contributed by atoms with Gasteiger partial charge < -0.3 is 24.4 Å². The molecular formula is C30H39N3O7. The first kappa shape index (κ1) is 28.0. The van der Waals surface area contributed by atoms with Gasteiger partial charge in [-0.3, -0.25) is 9.69 Å². The minimum Gasteiger partial charge on any atom is -0.467 e. The van der Waals surface area contributed by atoms with Gasteiger partial charge in [0.05, 0.1) is 26.8 Å². The number of carbonyl (C=O) groups excluding carboxylic acids is 4. The Morgan fingerprint density at radius 3 is 2.67 bits per heavy atom. The lowest BCUT2D eigenvalue weighted by atomic mass is 9.70. The highest BCUT2D eigenvalue weighted by Crippen LogP contribution is 2.40. The summed E-state index contributed by atoms with van der Waals surface area (Å²) in [6.45, 7) is 3.13. The molecule has 3 aliphatic heterocycles. The normalized spacial score (nSPS) is 27.9. The van der Waals surface area contributed by atoms with Crippen molar-refractivity contribution >= 4 is 30.1 Å². The SMILES string of the molecule is COC(=O)[C@@H]1C[C@@H]2CN1C(=O)[C@H](C1(C)CCCCC1)NC(=O)OCCC/C=C/c1cccc3c1CN(C3)C(=O)O2. The van der Waals surface area contributed by atoms with E-state index in [1.54, 1.807) is 4.90 Å². The number of amides is 3. The number of cyclic esters (lactones) is 1. The van der Waals surface area contributed by atoms with Crippen LogP contribution >= 0.6 is 0 Å². The van der Waals surface area contributed by atoms with Crippen LogP contribution in [-0.4, -0.2) is 72.3 Å². The number of ether oxygens (including phenoxy) is 3. The molecule has 0 radical (unpaired) electrons. The Kier molecular flexibility index (Phi) is 8.32. The van der Waals surface area contributed by atoms with Crippen molar-refractivity contribution in [2.45, 2.75) is 89.6 Å². The Morgan fingerprint density at radius 2 is 1.90 bits per heavy atom. The van der Waals surface area contributed by atoms with Gasteiger partial charge in [-0.15, -0.1) is 0 Å². The van der Waals surface area contributed by atoms with Crippen molar-refractivity contribution in [1.82, 2.24) is 15.1 Å². The lowest BCUT2D eigenvalue weighted by molar-refractivity contribution is -0.153. The highest BCUT2D eigenvalue weighted by Gasteiger charge is 2.49. The van der Waals surface area contributed by atoms with E-state index in [0.29, 0.717) is 25.9 Å². The molecule has 1 aromatic carbocycles. The largest absolute Gasteiger partial charge is 0.467 e. The van der Waals surface area contributed by atoms with Gasteiger partial charge in [-0.05, 0) is 47.8 Å². The van der Waals surface area contributed by atoms with E-state index in [2.05, 4.69) is 5.32 Å². The second-order valence-corrected chi connectivity index (χ2v) is 11.6. The summed E-state index contributed by atoms with van der Waals surface area (Å²) in [5, 5.41) is 2.85. The molecule has 40 heavy (non-hydrogen) atoms. The molecule has 2 fully saturated rings. The van der Waals surface area contributed by atoms with Gasteiger partial charge >= 0.3 is 18.2 Å². The molecule has 4 bridgehead atoms. The molecule has 3 atom stereocenters. The molecule has 0 unspecified atom stereocenters. The van der Waals surface area contributed by atoms with Crippen molar-refractivity contribution in [1.29, 1.82) is 0 Å². The zero-order chi connectivity index (χ0) is 28.3. The molecule has 1 saturated carbocycles. The Bertz CT molecular complexity index is 1180. The highest BCUT2D eigenvalue weighted by molar-refractivity contribution is 5.91. The van der Waals surface area contributed by atoms with Gasteiger partial charge in [0, 0.05) is 13.0 Å².